The molecule has 4 rings (SSSR count). The van der Waals surface area contributed by atoms with E-state index >= 15 is 0 Å². The Morgan fingerprint density at radius 1 is 1.10 bits per heavy atom. The molecule has 7 nitrogen and oxygen atoms in total. The molecule has 0 unspecified atom stereocenters. The minimum atomic E-state index is 0.0189. The predicted octanol–water partition coefficient (Wildman–Crippen LogP) is 3.46. The second kappa shape index (κ2) is 8.57. The second-order valence-corrected chi connectivity index (χ2v) is 7.64. The van der Waals surface area contributed by atoms with E-state index in [-0.39, 0.29) is 17.4 Å². The molecule has 0 saturated carbocycles. The van der Waals surface area contributed by atoms with E-state index in [0.29, 0.717) is 23.7 Å². The number of amides is 1. The summed E-state index contributed by atoms with van der Waals surface area (Å²) in [7, 11) is 0. The van der Waals surface area contributed by atoms with Gasteiger partial charge in [-0.15, -0.1) is 10.2 Å². The number of anilines is 1. The molecule has 29 heavy (non-hydrogen) atoms. The molecule has 0 N–H and O–H groups in total. The van der Waals surface area contributed by atoms with Gasteiger partial charge in [0.25, 0.3) is 0 Å². The topological polar surface area (TPSA) is 81.0 Å². The molecule has 1 aromatic carbocycles. The largest absolute Gasteiger partial charge is 0.312 e. The molecule has 1 fully saturated rings. The lowest BCUT2D eigenvalue weighted by atomic mass is 10.1. The van der Waals surface area contributed by atoms with Gasteiger partial charge in [-0.25, -0.2) is 0 Å². The van der Waals surface area contributed by atoms with Crippen LogP contribution in [0.25, 0.3) is 11.4 Å². The number of pyridine rings is 1. The maximum atomic E-state index is 12.6. The van der Waals surface area contributed by atoms with Crippen LogP contribution >= 0.6 is 11.8 Å². The summed E-state index contributed by atoms with van der Waals surface area (Å²) in [4.78, 5) is 30.3. The Labute approximate surface area is 173 Å². The lowest BCUT2D eigenvalue weighted by Crippen LogP contribution is -2.23. The summed E-state index contributed by atoms with van der Waals surface area (Å²) in [6, 6.07) is 11.0. The standard InChI is InChI=1S/C21H21N5O2S/c1-2-25-20(16-9-11-22-12-10-16)23-24-21(25)29-14-18(27)15-5-7-17(8-6-15)26-13-3-4-19(26)28/h5-12H,2-4,13-14H2,1H3. The van der Waals surface area contributed by atoms with Crippen molar-refractivity contribution in [2.75, 3.05) is 17.2 Å². The molecule has 0 radical (unpaired) electrons. The number of thioether (sulfide) groups is 1. The van der Waals surface area contributed by atoms with E-state index in [1.54, 1.807) is 29.4 Å². The van der Waals surface area contributed by atoms with E-state index < -0.39 is 0 Å². The van der Waals surface area contributed by atoms with Gasteiger partial charge in [0, 0.05) is 48.7 Å². The van der Waals surface area contributed by atoms with Gasteiger partial charge in [-0.3, -0.25) is 14.6 Å². The van der Waals surface area contributed by atoms with Crippen molar-refractivity contribution in [2.24, 2.45) is 0 Å². The van der Waals surface area contributed by atoms with Gasteiger partial charge in [0.2, 0.25) is 5.91 Å². The highest BCUT2D eigenvalue weighted by Crippen LogP contribution is 2.25. The zero-order valence-corrected chi connectivity index (χ0v) is 16.9. The predicted molar refractivity (Wildman–Crippen MR) is 112 cm³/mol. The molecule has 0 spiro atoms. The number of Topliss-reactive ketones (excluding diaryl/α,β-unsaturated/α-hetero) is 1. The van der Waals surface area contributed by atoms with Crippen LogP contribution in [0.2, 0.25) is 0 Å². The van der Waals surface area contributed by atoms with Crippen LogP contribution in [0.15, 0.2) is 53.9 Å². The Kier molecular flexibility index (Phi) is 5.71. The van der Waals surface area contributed by atoms with Crippen molar-refractivity contribution < 1.29 is 9.59 Å². The summed E-state index contributed by atoms with van der Waals surface area (Å²) in [5.74, 6) is 1.20. The number of aromatic nitrogens is 4. The summed E-state index contributed by atoms with van der Waals surface area (Å²) < 4.78 is 2.00. The average molecular weight is 407 g/mol. The minimum absolute atomic E-state index is 0.0189. The molecule has 3 heterocycles. The smallest absolute Gasteiger partial charge is 0.227 e. The van der Waals surface area contributed by atoms with Crippen LogP contribution in [-0.4, -0.2) is 43.7 Å². The number of rotatable bonds is 7. The Morgan fingerprint density at radius 3 is 2.52 bits per heavy atom. The van der Waals surface area contributed by atoms with Gasteiger partial charge in [-0.1, -0.05) is 11.8 Å². The van der Waals surface area contributed by atoms with Crippen LogP contribution in [0.4, 0.5) is 5.69 Å². The maximum absolute atomic E-state index is 12.6. The van der Waals surface area contributed by atoms with Crippen molar-refractivity contribution in [1.29, 1.82) is 0 Å². The minimum Gasteiger partial charge on any atom is -0.312 e. The summed E-state index contributed by atoms with van der Waals surface area (Å²) in [5, 5.41) is 9.26. The maximum Gasteiger partial charge on any atom is 0.227 e. The molecule has 0 bridgehead atoms. The van der Waals surface area contributed by atoms with Crippen molar-refractivity contribution in [2.45, 2.75) is 31.5 Å². The molecular weight excluding hydrogens is 386 g/mol. The van der Waals surface area contributed by atoms with Gasteiger partial charge < -0.3 is 9.47 Å². The molecular formula is C21H21N5O2S. The summed E-state index contributed by atoms with van der Waals surface area (Å²) in [6.45, 7) is 3.48. The van der Waals surface area contributed by atoms with E-state index in [2.05, 4.69) is 15.2 Å². The lowest BCUT2D eigenvalue weighted by Gasteiger charge is -2.15. The average Bonchev–Trinajstić information content (AvgIpc) is 3.38. The number of hydrogen-bond donors (Lipinski definition) is 0. The van der Waals surface area contributed by atoms with E-state index in [4.69, 9.17) is 0 Å². The molecule has 2 aromatic heterocycles. The quantitative estimate of drug-likeness (QED) is 0.441. The highest BCUT2D eigenvalue weighted by atomic mass is 32.2. The SMILES string of the molecule is CCn1c(SCC(=O)c2ccc(N3CCCC3=O)cc2)nnc1-c1ccncc1. The zero-order chi connectivity index (χ0) is 20.2. The van der Waals surface area contributed by atoms with Crippen molar-refractivity contribution in [3.63, 3.8) is 0 Å². The molecule has 148 valence electrons. The van der Waals surface area contributed by atoms with Gasteiger partial charge in [0.15, 0.2) is 16.8 Å². The third-order valence-electron chi connectivity index (χ3n) is 4.88. The molecule has 1 aliphatic rings. The molecule has 8 heteroatoms. The molecule has 1 amide bonds. The van der Waals surface area contributed by atoms with Gasteiger partial charge in [0.05, 0.1) is 5.75 Å². The number of ketones is 1. The van der Waals surface area contributed by atoms with Gasteiger partial charge in [-0.05, 0) is 49.7 Å². The van der Waals surface area contributed by atoms with Gasteiger partial charge in [-0.2, -0.15) is 0 Å². The first-order chi connectivity index (χ1) is 14.2. The number of benzene rings is 1. The van der Waals surface area contributed by atoms with Crippen molar-refractivity contribution in [1.82, 2.24) is 19.7 Å². The third kappa shape index (κ3) is 4.07. The van der Waals surface area contributed by atoms with E-state index in [0.717, 1.165) is 30.0 Å². The van der Waals surface area contributed by atoms with Crippen LogP contribution in [0, 0.1) is 0 Å². The first kappa shape index (κ1) is 19.3. The molecule has 1 aliphatic heterocycles. The van der Waals surface area contributed by atoms with Gasteiger partial charge in [0.1, 0.15) is 0 Å². The fourth-order valence-electron chi connectivity index (χ4n) is 3.36. The van der Waals surface area contributed by atoms with Crippen LogP contribution < -0.4 is 4.90 Å². The van der Waals surface area contributed by atoms with Crippen LogP contribution in [0.5, 0.6) is 0 Å². The Balaban J connectivity index is 1.43. The Morgan fingerprint density at radius 2 is 1.86 bits per heavy atom. The Hall–Kier alpha value is -3.00. The number of carbonyl (C=O) groups excluding carboxylic acids is 2. The van der Waals surface area contributed by atoms with Gasteiger partial charge >= 0.3 is 0 Å². The van der Waals surface area contributed by atoms with Crippen molar-refractivity contribution in [3.05, 3.63) is 54.4 Å². The van der Waals surface area contributed by atoms with E-state index in [1.807, 2.05) is 35.8 Å². The van der Waals surface area contributed by atoms with Crippen LogP contribution in [-0.2, 0) is 11.3 Å². The monoisotopic (exact) mass is 407 g/mol. The van der Waals surface area contributed by atoms with Crippen molar-refractivity contribution >= 4 is 29.1 Å². The fourth-order valence-corrected chi connectivity index (χ4v) is 4.25. The van der Waals surface area contributed by atoms with Crippen molar-refractivity contribution in [3.8, 4) is 11.4 Å². The normalized spacial score (nSPS) is 13.8. The zero-order valence-electron chi connectivity index (χ0n) is 16.1. The van der Waals surface area contributed by atoms with Crippen LogP contribution in [0.3, 0.4) is 0 Å². The fraction of sp³-hybridized carbons (Fsp3) is 0.286. The first-order valence-corrected chi connectivity index (χ1v) is 10.6. The highest BCUT2D eigenvalue weighted by Gasteiger charge is 2.22. The molecule has 3 aromatic rings. The number of nitrogens with zero attached hydrogens (tertiary/aromatic N) is 5. The third-order valence-corrected chi connectivity index (χ3v) is 5.85. The van der Waals surface area contributed by atoms with Crippen LogP contribution in [0.1, 0.15) is 30.1 Å². The summed E-state index contributed by atoms with van der Waals surface area (Å²) in [5.41, 5.74) is 2.42. The first-order valence-electron chi connectivity index (χ1n) is 9.57. The number of carbonyl (C=O) groups is 2. The Bertz CT molecular complexity index is 1020. The molecule has 0 atom stereocenters. The highest BCUT2D eigenvalue weighted by molar-refractivity contribution is 7.99. The molecule has 0 aliphatic carbocycles. The molecule has 1 saturated heterocycles. The second-order valence-electron chi connectivity index (χ2n) is 6.69. The lowest BCUT2D eigenvalue weighted by molar-refractivity contribution is -0.117. The van der Waals surface area contributed by atoms with E-state index in [9.17, 15) is 9.59 Å². The number of hydrogen-bond acceptors (Lipinski definition) is 6. The summed E-state index contributed by atoms with van der Waals surface area (Å²) >= 11 is 1.38. The van der Waals surface area contributed by atoms with E-state index in [1.165, 1.54) is 11.8 Å². The summed E-state index contributed by atoms with van der Waals surface area (Å²) in [6.07, 6.45) is 4.92.